The molecule has 0 aromatic carbocycles. The maximum atomic E-state index is 11.0. The molecular formula is C10H10N2O2S. The molecule has 0 aliphatic heterocycles. The Morgan fingerprint density at radius 2 is 2.33 bits per heavy atom. The van der Waals surface area contributed by atoms with E-state index in [2.05, 4.69) is 5.10 Å². The summed E-state index contributed by atoms with van der Waals surface area (Å²) in [6.45, 7) is 1.99. The molecular weight excluding hydrogens is 212 g/mol. The summed E-state index contributed by atoms with van der Waals surface area (Å²) in [5.41, 5.74) is 1.82. The lowest BCUT2D eigenvalue weighted by molar-refractivity contribution is 0.0697. The summed E-state index contributed by atoms with van der Waals surface area (Å²) in [7, 11) is 1.74. The van der Waals surface area contributed by atoms with E-state index in [1.54, 1.807) is 23.1 Å². The van der Waals surface area contributed by atoms with Gasteiger partial charge in [0.1, 0.15) is 5.56 Å². The lowest BCUT2D eigenvalue weighted by Gasteiger charge is -2.00. The largest absolute Gasteiger partial charge is 0.478 e. The molecule has 0 fully saturated rings. The van der Waals surface area contributed by atoms with Crippen LogP contribution in [0.5, 0.6) is 0 Å². The molecule has 2 aromatic heterocycles. The van der Waals surface area contributed by atoms with Crippen molar-refractivity contribution in [1.29, 1.82) is 0 Å². The predicted molar refractivity (Wildman–Crippen MR) is 58.2 cm³/mol. The van der Waals surface area contributed by atoms with Gasteiger partial charge in [-0.05, 0) is 13.0 Å². The zero-order chi connectivity index (χ0) is 11.0. The fraction of sp³-hybridized carbons (Fsp3) is 0.200. The smallest absolute Gasteiger partial charge is 0.339 e. The lowest BCUT2D eigenvalue weighted by atomic mass is 10.1. The minimum Gasteiger partial charge on any atom is -0.478 e. The molecule has 15 heavy (non-hydrogen) atoms. The number of nitrogens with zero attached hydrogens (tertiary/aromatic N) is 2. The van der Waals surface area contributed by atoms with Gasteiger partial charge in [0.15, 0.2) is 0 Å². The molecule has 2 rings (SSSR count). The molecule has 0 spiro atoms. The third-order valence-corrected chi connectivity index (χ3v) is 3.03. The van der Waals surface area contributed by atoms with E-state index in [1.807, 2.05) is 18.4 Å². The number of carboxylic acids is 1. The Morgan fingerprint density at radius 1 is 1.60 bits per heavy atom. The van der Waals surface area contributed by atoms with Crippen LogP contribution < -0.4 is 0 Å². The van der Waals surface area contributed by atoms with E-state index in [4.69, 9.17) is 5.11 Å². The van der Waals surface area contributed by atoms with Crippen molar-refractivity contribution in [2.75, 3.05) is 0 Å². The highest BCUT2D eigenvalue weighted by molar-refractivity contribution is 7.10. The number of carboxylic acid groups (broad SMARTS) is 1. The first-order chi connectivity index (χ1) is 7.09. The van der Waals surface area contributed by atoms with Gasteiger partial charge in [-0.15, -0.1) is 11.3 Å². The Hall–Kier alpha value is -1.62. The van der Waals surface area contributed by atoms with E-state index in [-0.39, 0.29) is 5.56 Å². The van der Waals surface area contributed by atoms with Crippen LogP contribution in [0.4, 0.5) is 0 Å². The van der Waals surface area contributed by atoms with E-state index >= 15 is 0 Å². The standard InChI is InChI=1S/C10H10N2O2S/c1-6-3-7(5-15-6)9-8(10(13)14)4-11-12(9)2/h3-5H,1-2H3,(H,13,14). The van der Waals surface area contributed by atoms with Crippen LogP contribution in [0, 0.1) is 6.92 Å². The van der Waals surface area contributed by atoms with Gasteiger partial charge in [-0.1, -0.05) is 0 Å². The predicted octanol–water partition coefficient (Wildman–Crippen LogP) is 2.16. The quantitative estimate of drug-likeness (QED) is 0.847. The SMILES string of the molecule is Cc1cc(-c2c(C(=O)O)cnn2C)cs1. The molecule has 2 heterocycles. The van der Waals surface area contributed by atoms with Crippen molar-refractivity contribution in [2.24, 2.45) is 7.05 Å². The number of aromatic carboxylic acids is 1. The molecule has 0 atom stereocenters. The van der Waals surface area contributed by atoms with Gasteiger partial charge in [-0.2, -0.15) is 5.10 Å². The van der Waals surface area contributed by atoms with Crippen molar-refractivity contribution >= 4 is 17.3 Å². The van der Waals surface area contributed by atoms with Crippen molar-refractivity contribution < 1.29 is 9.90 Å². The molecule has 4 nitrogen and oxygen atoms in total. The number of thiophene rings is 1. The van der Waals surface area contributed by atoms with Crippen LogP contribution in [0.25, 0.3) is 11.3 Å². The minimum atomic E-state index is -0.943. The van der Waals surface area contributed by atoms with E-state index < -0.39 is 5.97 Å². The summed E-state index contributed by atoms with van der Waals surface area (Å²) in [6, 6.07) is 1.97. The summed E-state index contributed by atoms with van der Waals surface area (Å²) >= 11 is 1.60. The average Bonchev–Trinajstić information content (AvgIpc) is 2.71. The van der Waals surface area contributed by atoms with Crippen LogP contribution in [0.1, 0.15) is 15.2 Å². The van der Waals surface area contributed by atoms with E-state index in [0.29, 0.717) is 5.69 Å². The number of hydrogen-bond donors (Lipinski definition) is 1. The highest BCUT2D eigenvalue weighted by Gasteiger charge is 2.17. The maximum absolute atomic E-state index is 11.0. The van der Waals surface area contributed by atoms with Crippen LogP contribution >= 0.6 is 11.3 Å². The number of aryl methyl sites for hydroxylation is 2. The van der Waals surface area contributed by atoms with Gasteiger partial charge in [0.2, 0.25) is 0 Å². The lowest BCUT2D eigenvalue weighted by Crippen LogP contribution is -1.99. The number of hydrogen-bond acceptors (Lipinski definition) is 3. The van der Waals surface area contributed by atoms with Crippen molar-refractivity contribution in [2.45, 2.75) is 6.92 Å². The summed E-state index contributed by atoms with van der Waals surface area (Å²) in [5.74, 6) is -0.943. The van der Waals surface area contributed by atoms with Gasteiger partial charge in [0.05, 0.1) is 11.9 Å². The van der Waals surface area contributed by atoms with E-state index in [1.165, 1.54) is 6.20 Å². The van der Waals surface area contributed by atoms with Crippen LogP contribution in [-0.4, -0.2) is 20.9 Å². The zero-order valence-corrected chi connectivity index (χ0v) is 9.21. The third-order valence-electron chi connectivity index (χ3n) is 2.17. The molecule has 0 amide bonds. The Labute approximate surface area is 90.8 Å². The van der Waals surface area contributed by atoms with Gasteiger partial charge in [0.25, 0.3) is 0 Å². The molecule has 0 aliphatic carbocycles. The topological polar surface area (TPSA) is 55.1 Å². The molecule has 0 unspecified atom stereocenters. The minimum absolute atomic E-state index is 0.246. The molecule has 0 aliphatic rings. The summed E-state index contributed by atoms with van der Waals surface area (Å²) in [5, 5.41) is 14.9. The zero-order valence-electron chi connectivity index (χ0n) is 8.39. The van der Waals surface area contributed by atoms with Gasteiger partial charge < -0.3 is 5.11 Å². The number of aromatic nitrogens is 2. The maximum Gasteiger partial charge on any atom is 0.339 e. The van der Waals surface area contributed by atoms with E-state index in [0.717, 1.165) is 10.4 Å². The van der Waals surface area contributed by atoms with Crippen molar-refractivity contribution in [1.82, 2.24) is 9.78 Å². The average molecular weight is 222 g/mol. The Morgan fingerprint density at radius 3 is 2.87 bits per heavy atom. The van der Waals surface area contributed by atoms with E-state index in [9.17, 15) is 4.79 Å². The fourth-order valence-electron chi connectivity index (χ4n) is 1.50. The Kier molecular flexibility index (Phi) is 2.32. The second kappa shape index (κ2) is 3.51. The summed E-state index contributed by atoms with van der Waals surface area (Å²) in [6.07, 6.45) is 1.38. The van der Waals surface area contributed by atoms with Crippen LogP contribution in [0.15, 0.2) is 17.6 Å². The number of carbonyl (C=O) groups is 1. The highest BCUT2D eigenvalue weighted by Crippen LogP contribution is 2.27. The van der Waals surface area contributed by atoms with Crippen LogP contribution in [-0.2, 0) is 7.05 Å². The molecule has 0 saturated heterocycles. The summed E-state index contributed by atoms with van der Waals surface area (Å²) in [4.78, 5) is 12.1. The van der Waals surface area contributed by atoms with Gasteiger partial charge in [-0.25, -0.2) is 4.79 Å². The molecule has 2 aromatic rings. The van der Waals surface area contributed by atoms with Crippen LogP contribution in [0.2, 0.25) is 0 Å². The van der Waals surface area contributed by atoms with Crippen molar-refractivity contribution in [3.8, 4) is 11.3 Å². The van der Waals surface area contributed by atoms with Gasteiger partial charge >= 0.3 is 5.97 Å². The second-order valence-electron chi connectivity index (χ2n) is 3.28. The van der Waals surface area contributed by atoms with Crippen molar-refractivity contribution in [3.05, 3.63) is 28.1 Å². The molecule has 0 saturated carbocycles. The fourth-order valence-corrected chi connectivity index (χ4v) is 2.19. The normalized spacial score (nSPS) is 10.5. The molecule has 78 valence electrons. The van der Waals surface area contributed by atoms with Crippen molar-refractivity contribution in [3.63, 3.8) is 0 Å². The Balaban J connectivity index is 2.60. The Bertz CT molecular complexity index is 513. The first-order valence-electron chi connectivity index (χ1n) is 4.40. The first kappa shape index (κ1) is 9.92. The molecule has 0 radical (unpaired) electrons. The molecule has 5 heteroatoms. The first-order valence-corrected chi connectivity index (χ1v) is 5.28. The summed E-state index contributed by atoms with van der Waals surface area (Å²) < 4.78 is 1.59. The van der Waals surface area contributed by atoms with Gasteiger partial charge in [0, 0.05) is 22.9 Å². The monoisotopic (exact) mass is 222 g/mol. The second-order valence-corrected chi connectivity index (χ2v) is 4.40. The van der Waals surface area contributed by atoms with Crippen LogP contribution in [0.3, 0.4) is 0 Å². The highest BCUT2D eigenvalue weighted by atomic mass is 32.1. The molecule has 0 bridgehead atoms. The number of rotatable bonds is 2. The molecule has 1 N–H and O–H groups in total. The van der Waals surface area contributed by atoms with Gasteiger partial charge in [-0.3, -0.25) is 4.68 Å². The third kappa shape index (κ3) is 1.66.